The van der Waals surface area contributed by atoms with Gasteiger partial charge in [0, 0.05) is 25.4 Å². The molecule has 6 atom stereocenters. The lowest BCUT2D eigenvalue weighted by molar-refractivity contribution is -0.822. The monoisotopic (exact) mass is 774 g/mol. The van der Waals surface area contributed by atoms with Crippen LogP contribution < -0.4 is 26.7 Å². The van der Waals surface area contributed by atoms with Crippen molar-refractivity contribution in [2.75, 3.05) is 19.7 Å². The fourth-order valence-corrected chi connectivity index (χ4v) is 9.38. The summed E-state index contributed by atoms with van der Waals surface area (Å²) < 4.78 is 18.9. The first-order valence-electron chi connectivity index (χ1n) is 19.9. The van der Waals surface area contributed by atoms with E-state index >= 15 is 0 Å². The maximum absolute atomic E-state index is 14.0. The van der Waals surface area contributed by atoms with Crippen LogP contribution in [0.5, 0.6) is 0 Å². The molecule has 2 aromatic carbocycles. The molecule has 3 amide bonds. The standard InChI is InChI=1S/C40H56BN7O8/c1-24(2)20-34(41-55-33-22-25-21-32(39(25,3)4)40(33,5)56-41)46-36(50)31(16-10-18-43-37(42)47-48(52)53)45-35(49)17-11-19-44-38(51)54-23-30-28-14-8-6-12-26(28)27-13-7-9-15-29(27)30/h6-9,12-15,24-25,30-34H,10-11,16-23H2,1-5H3,(H6-,42,43,44,45,46,47,49,50,51,52,53)/p+1/t25-,31-,32-,33+,34-,40-/m0/s1. The van der Waals surface area contributed by atoms with Gasteiger partial charge in [0.1, 0.15) is 17.6 Å². The topological polar surface area (TPSA) is 203 Å². The second-order valence-electron chi connectivity index (χ2n) is 16.9. The summed E-state index contributed by atoms with van der Waals surface area (Å²) in [4.78, 5) is 50.6. The molecule has 1 heterocycles. The average Bonchev–Trinajstić information content (AvgIpc) is 3.67. The molecule has 2 aromatic rings. The molecule has 7 rings (SSSR count). The number of ether oxygens (including phenoxy) is 1. The Balaban J connectivity index is 1.01. The van der Waals surface area contributed by atoms with E-state index < -0.39 is 41.8 Å². The molecule has 2 bridgehead atoms. The van der Waals surface area contributed by atoms with Crippen molar-refractivity contribution in [1.82, 2.24) is 26.7 Å². The number of hydrogen-bond donors (Lipinski definition) is 7. The van der Waals surface area contributed by atoms with E-state index in [0.717, 1.165) is 35.1 Å². The van der Waals surface area contributed by atoms with Gasteiger partial charge in [-0.25, -0.2) is 10.0 Å². The van der Waals surface area contributed by atoms with E-state index in [4.69, 9.17) is 24.7 Å². The van der Waals surface area contributed by atoms with Gasteiger partial charge in [-0.1, -0.05) is 76.2 Å². The third-order valence-corrected chi connectivity index (χ3v) is 12.4. The van der Waals surface area contributed by atoms with Crippen LogP contribution >= 0.6 is 0 Å². The SMILES string of the molecule is CC(C)C[C@H](NC(=O)[C@H](CCCNC(=N)N[N+](=O)O)NC(=O)CCCNC(=O)OCC1c2ccccc2-c2ccccc21)B1O[C@@H]2C[C@@H]3C[C@@H](C3(C)C)[C@]2(C)O1. The fraction of sp³-hybridized carbons (Fsp3) is 0.600. The maximum Gasteiger partial charge on any atom is 0.481 e. The molecule has 1 aliphatic heterocycles. The number of benzene rings is 2. The lowest BCUT2D eigenvalue weighted by Crippen LogP contribution is -2.65. The van der Waals surface area contributed by atoms with Crippen molar-refractivity contribution in [2.45, 2.75) is 109 Å². The molecule has 4 fully saturated rings. The normalized spacial score (nSPS) is 23.8. The van der Waals surface area contributed by atoms with Gasteiger partial charge in [-0.2, -0.15) is 0 Å². The molecule has 0 aromatic heterocycles. The van der Waals surface area contributed by atoms with Crippen LogP contribution in [0.1, 0.15) is 96.6 Å². The molecule has 0 spiro atoms. The van der Waals surface area contributed by atoms with E-state index in [1.165, 1.54) is 0 Å². The first-order valence-corrected chi connectivity index (χ1v) is 19.9. The number of nitrogens with zero attached hydrogens (tertiary/aromatic N) is 1. The predicted octanol–water partition coefficient (Wildman–Crippen LogP) is 4.57. The minimum Gasteiger partial charge on any atom is -0.449 e. The molecule has 3 saturated carbocycles. The first-order chi connectivity index (χ1) is 26.7. The zero-order valence-corrected chi connectivity index (χ0v) is 33.1. The number of hydrazine groups is 1. The number of hydrogen-bond acceptors (Lipinski definition) is 8. The van der Waals surface area contributed by atoms with Gasteiger partial charge >= 0.3 is 18.2 Å². The summed E-state index contributed by atoms with van der Waals surface area (Å²) in [7, 11) is -0.631. The Bertz CT molecular complexity index is 1750. The third kappa shape index (κ3) is 8.96. The van der Waals surface area contributed by atoms with Crippen LogP contribution in [0, 0.1) is 33.5 Å². The number of rotatable bonds is 17. The zero-order valence-electron chi connectivity index (χ0n) is 33.1. The number of carbonyl (C=O) groups is 3. The van der Waals surface area contributed by atoms with Gasteiger partial charge in [-0.05, 0) is 96.3 Å². The Morgan fingerprint density at radius 3 is 2.29 bits per heavy atom. The Labute approximate surface area is 328 Å². The fourth-order valence-electron chi connectivity index (χ4n) is 9.38. The van der Waals surface area contributed by atoms with Gasteiger partial charge in [-0.3, -0.25) is 15.0 Å². The number of amides is 3. The minimum absolute atomic E-state index is 0.0488. The van der Waals surface area contributed by atoms with Crippen LogP contribution in [0.15, 0.2) is 48.5 Å². The van der Waals surface area contributed by atoms with Gasteiger partial charge in [0.25, 0.3) is 5.96 Å². The van der Waals surface area contributed by atoms with Crippen molar-refractivity contribution in [3.05, 3.63) is 64.6 Å². The molecular formula is C40H57BN7O8+. The molecule has 16 heteroatoms. The molecule has 5 aliphatic rings. The highest BCUT2D eigenvalue weighted by atomic mass is 16.7. The summed E-state index contributed by atoms with van der Waals surface area (Å²) in [6.07, 6.45) is 2.96. The summed E-state index contributed by atoms with van der Waals surface area (Å²) in [6, 6.07) is 15.3. The van der Waals surface area contributed by atoms with Crippen LogP contribution in [0.4, 0.5) is 4.79 Å². The summed E-state index contributed by atoms with van der Waals surface area (Å²) >= 11 is 0. The quantitative estimate of drug-likeness (QED) is 0.0393. The van der Waals surface area contributed by atoms with E-state index in [9.17, 15) is 19.3 Å². The largest absolute Gasteiger partial charge is 0.481 e. The molecule has 7 N–H and O–H groups in total. The number of alkyl carbamates (subject to hydrolysis) is 1. The van der Waals surface area contributed by atoms with Crippen molar-refractivity contribution >= 4 is 31.0 Å². The Hall–Kier alpha value is -4.70. The Morgan fingerprint density at radius 2 is 1.64 bits per heavy atom. The lowest BCUT2D eigenvalue weighted by atomic mass is 9.43. The lowest BCUT2D eigenvalue weighted by Gasteiger charge is -2.64. The summed E-state index contributed by atoms with van der Waals surface area (Å²) in [5, 5.41) is 27.3. The molecular weight excluding hydrogens is 717 g/mol. The zero-order chi connectivity index (χ0) is 40.2. The molecule has 56 heavy (non-hydrogen) atoms. The van der Waals surface area contributed by atoms with Gasteiger partial charge in [0.2, 0.25) is 11.8 Å². The van der Waals surface area contributed by atoms with E-state index in [2.05, 4.69) is 80.2 Å². The Morgan fingerprint density at radius 1 is 0.982 bits per heavy atom. The van der Waals surface area contributed by atoms with Crippen molar-refractivity contribution in [3.63, 3.8) is 0 Å². The van der Waals surface area contributed by atoms with Crippen LogP contribution in [0.25, 0.3) is 11.1 Å². The first kappa shape index (κ1) is 41.0. The maximum atomic E-state index is 14.0. The number of guanidine groups is 1. The molecule has 15 nitrogen and oxygen atoms in total. The van der Waals surface area contributed by atoms with E-state index in [1.54, 1.807) is 0 Å². The van der Waals surface area contributed by atoms with Crippen molar-refractivity contribution in [2.24, 2.45) is 23.2 Å². The molecule has 0 unspecified atom stereocenters. The molecule has 4 aliphatic carbocycles. The minimum atomic E-state index is -0.920. The highest BCUT2D eigenvalue weighted by molar-refractivity contribution is 6.48. The average molecular weight is 775 g/mol. The highest BCUT2D eigenvalue weighted by Crippen LogP contribution is 2.65. The smallest absolute Gasteiger partial charge is 0.449 e. The number of carbonyl (C=O) groups excluding carboxylic acids is 3. The van der Waals surface area contributed by atoms with Crippen molar-refractivity contribution < 1.29 is 38.7 Å². The van der Waals surface area contributed by atoms with Crippen LogP contribution in [-0.4, -0.2) is 84.6 Å². The van der Waals surface area contributed by atoms with E-state index in [-0.39, 0.29) is 67.7 Å². The summed E-state index contributed by atoms with van der Waals surface area (Å²) in [5.41, 5.74) is 6.10. The third-order valence-electron chi connectivity index (χ3n) is 12.4. The van der Waals surface area contributed by atoms with Gasteiger partial charge < -0.3 is 35.3 Å². The Kier molecular flexibility index (Phi) is 12.6. The molecule has 1 saturated heterocycles. The predicted molar refractivity (Wildman–Crippen MR) is 209 cm³/mol. The summed E-state index contributed by atoms with van der Waals surface area (Å²) in [5.74, 6) is -0.504. The second kappa shape index (κ2) is 17.2. The van der Waals surface area contributed by atoms with Crippen LogP contribution in [-0.2, 0) is 23.6 Å². The van der Waals surface area contributed by atoms with Crippen molar-refractivity contribution in [1.29, 1.82) is 5.41 Å². The number of fused-ring (bicyclic) bond motifs is 3. The molecule has 302 valence electrons. The van der Waals surface area contributed by atoms with Crippen molar-refractivity contribution in [3.8, 4) is 11.1 Å². The highest BCUT2D eigenvalue weighted by Gasteiger charge is 2.68. The van der Waals surface area contributed by atoms with Crippen LogP contribution in [0.3, 0.4) is 0 Å². The van der Waals surface area contributed by atoms with Gasteiger partial charge in [-0.15, -0.1) is 0 Å². The number of nitrogens with one attached hydrogen (secondary N) is 6. The van der Waals surface area contributed by atoms with E-state index in [1.807, 2.05) is 29.7 Å². The van der Waals surface area contributed by atoms with Gasteiger partial charge in [0.05, 0.1) is 17.6 Å². The van der Waals surface area contributed by atoms with E-state index in [0.29, 0.717) is 31.1 Å². The second-order valence-corrected chi connectivity index (χ2v) is 16.9. The molecule has 0 radical (unpaired) electrons. The summed E-state index contributed by atoms with van der Waals surface area (Å²) in [6.45, 7) is 11.5. The van der Waals surface area contributed by atoms with Crippen LogP contribution in [0.2, 0.25) is 0 Å². The van der Waals surface area contributed by atoms with Gasteiger partial charge in [0.15, 0.2) is 0 Å².